The van der Waals surface area contributed by atoms with Crippen molar-refractivity contribution >= 4 is 5.91 Å². The lowest BCUT2D eigenvalue weighted by atomic mass is 9.84. The zero-order valence-corrected chi connectivity index (χ0v) is 11.2. The van der Waals surface area contributed by atoms with Gasteiger partial charge in [0.05, 0.1) is 12.0 Å². The number of rotatable bonds is 5. The summed E-state index contributed by atoms with van der Waals surface area (Å²) in [6.45, 7) is 0.995. The average Bonchev–Trinajstić information content (AvgIpc) is 3.06. The Morgan fingerprint density at radius 3 is 2.33 bits per heavy atom. The van der Waals surface area contributed by atoms with Crippen LogP contribution in [-0.4, -0.2) is 41.7 Å². The highest BCUT2D eigenvalue weighted by Gasteiger charge is 2.44. The van der Waals surface area contributed by atoms with Crippen LogP contribution in [0.3, 0.4) is 0 Å². The number of aliphatic hydroxyl groups is 1. The minimum Gasteiger partial charge on any atom is -0.395 e. The van der Waals surface area contributed by atoms with Gasteiger partial charge in [-0.2, -0.15) is 0 Å². The summed E-state index contributed by atoms with van der Waals surface area (Å²) in [6.07, 6.45) is 8.67. The Hall–Kier alpha value is -0.610. The fourth-order valence-corrected chi connectivity index (χ4v) is 3.64. The number of carbonyl (C=O) groups excluding carboxylic acids is 1. The molecule has 4 heteroatoms. The molecular weight excluding hydrogens is 228 g/mol. The second-order valence-corrected chi connectivity index (χ2v) is 5.85. The van der Waals surface area contributed by atoms with Crippen LogP contribution >= 0.6 is 0 Å². The third kappa shape index (κ3) is 2.54. The predicted octanol–water partition coefficient (Wildman–Crippen LogP) is 1.27. The van der Waals surface area contributed by atoms with Crippen LogP contribution in [0.5, 0.6) is 0 Å². The Bertz CT molecular complexity index is 282. The van der Waals surface area contributed by atoms with Crippen LogP contribution in [0.4, 0.5) is 0 Å². The van der Waals surface area contributed by atoms with Crippen LogP contribution in [0.1, 0.15) is 51.4 Å². The first-order chi connectivity index (χ1) is 8.73. The summed E-state index contributed by atoms with van der Waals surface area (Å²) in [5.41, 5.74) is 5.57. The standard InChI is InChI=1S/C14H26N2O2/c15-11-14(7-3-4-8-14)13(18)16(9-10-17)12-5-1-2-6-12/h12,17H,1-11,15H2. The summed E-state index contributed by atoms with van der Waals surface area (Å²) in [6, 6.07) is 0.341. The van der Waals surface area contributed by atoms with Crippen LogP contribution < -0.4 is 5.73 Å². The first-order valence-corrected chi connectivity index (χ1v) is 7.35. The second kappa shape index (κ2) is 6.02. The molecule has 104 valence electrons. The van der Waals surface area contributed by atoms with E-state index in [4.69, 9.17) is 5.73 Å². The summed E-state index contributed by atoms with van der Waals surface area (Å²) in [4.78, 5) is 14.7. The summed E-state index contributed by atoms with van der Waals surface area (Å²) < 4.78 is 0. The third-order valence-corrected chi connectivity index (χ3v) is 4.77. The molecule has 2 fully saturated rings. The predicted molar refractivity (Wildman–Crippen MR) is 71.0 cm³/mol. The lowest BCUT2D eigenvalue weighted by molar-refractivity contribution is -0.144. The van der Waals surface area contributed by atoms with Gasteiger partial charge in [-0.05, 0) is 25.7 Å². The topological polar surface area (TPSA) is 66.6 Å². The van der Waals surface area contributed by atoms with Crippen molar-refractivity contribution < 1.29 is 9.90 Å². The Kier molecular flexibility index (Phi) is 4.62. The number of aliphatic hydroxyl groups excluding tert-OH is 1. The summed E-state index contributed by atoms with van der Waals surface area (Å²) in [7, 11) is 0. The van der Waals surface area contributed by atoms with E-state index in [1.54, 1.807) is 0 Å². The first kappa shape index (κ1) is 13.8. The number of carbonyl (C=O) groups is 1. The second-order valence-electron chi connectivity index (χ2n) is 5.85. The highest BCUT2D eigenvalue weighted by atomic mass is 16.3. The molecule has 0 unspecified atom stereocenters. The summed E-state index contributed by atoms with van der Waals surface area (Å²) >= 11 is 0. The Labute approximate surface area is 110 Å². The van der Waals surface area contributed by atoms with Crippen molar-refractivity contribution in [2.75, 3.05) is 19.7 Å². The van der Waals surface area contributed by atoms with Crippen molar-refractivity contribution in [1.29, 1.82) is 0 Å². The van der Waals surface area contributed by atoms with Crippen LogP contribution in [0.15, 0.2) is 0 Å². The highest BCUT2D eigenvalue weighted by molar-refractivity contribution is 5.83. The number of amides is 1. The van der Waals surface area contributed by atoms with Crippen molar-refractivity contribution in [2.24, 2.45) is 11.1 Å². The Morgan fingerprint density at radius 1 is 1.22 bits per heavy atom. The van der Waals surface area contributed by atoms with Crippen molar-refractivity contribution in [1.82, 2.24) is 4.90 Å². The number of hydrogen-bond acceptors (Lipinski definition) is 3. The minimum atomic E-state index is -0.322. The molecular formula is C14H26N2O2. The molecule has 18 heavy (non-hydrogen) atoms. The zero-order valence-electron chi connectivity index (χ0n) is 11.2. The van der Waals surface area contributed by atoms with Gasteiger partial charge in [0.15, 0.2) is 0 Å². The van der Waals surface area contributed by atoms with Crippen molar-refractivity contribution in [2.45, 2.75) is 57.4 Å². The van der Waals surface area contributed by atoms with Gasteiger partial charge in [0.25, 0.3) is 0 Å². The zero-order chi connectivity index (χ0) is 13.0. The fourth-order valence-electron chi connectivity index (χ4n) is 3.64. The van der Waals surface area contributed by atoms with Crippen LogP contribution in [-0.2, 0) is 4.79 Å². The maximum absolute atomic E-state index is 12.8. The summed E-state index contributed by atoms with van der Waals surface area (Å²) in [5.74, 6) is 0.212. The molecule has 0 aromatic carbocycles. The molecule has 0 aliphatic heterocycles. The lowest BCUT2D eigenvalue weighted by Crippen LogP contribution is -2.51. The molecule has 0 spiro atoms. The van der Waals surface area contributed by atoms with Gasteiger partial charge in [0.1, 0.15) is 0 Å². The molecule has 1 amide bonds. The van der Waals surface area contributed by atoms with Crippen molar-refractivity contribution in [3.8, 4) is 0 Å². The molecule has 0 saturated heterocycles. The lowest BCUT2D eigenvalue weighted by Gasteiger charge is -2.37. The Balaban J connectivity index is 2.11. The average molecular weight is 254 g/mol. The molecule has 0 radical (unpaired) electrons. The van der Waals surface area contributed by atoms with E-state index in [1.807, 2.05) is 4.90 Å². The van der Waals surface area contributed by atoms with E-state index in [1.165, 1.54) is 12.8 Å². The molecule has 2 aliphatic carbocycles. The maximum Gasteiger partial charge on any atom is 0.230 e. The number of hydrogen-bond donors (Lipinski definition) is 2. The van der Waals surface area contributed by atoms with Crippen LogP contribution in [0, 0.1) is 5.41 Å². The van der Waals surface area contributed by atoms with E-state index in [-0.39, 0.29) is 17.9 Å². The molecule has 0 aromatic rings. The van der Waals surface area contributed by atoms with Gasteiger partial charge in [-0.1, -0.05) is 25.7 Å². The van der Waals surface area contributed by atoms with E-state index in [2.05, 4.69) is 0 Å². The Morgan fingerprint density at radius 2 is 1.83 bits per heavy atom. The van der Waals surface area contributed by atoms with Crippen LogP contribution in [0.25, 0.3) is 0 Å². The van der Waals surface area contributed by atoms with E-state index in [0.717, 1.165) is 38.5 Å². The van der Waals surface area contributed by atoms with Crippen molar-refractivity contribution in [3.63, 3.8) is 0 Å². The van der Waals surface area contributed by atoms with E-state index >= 15 is 0 Å². The smallest absolute Gasteiger partial charge is 0.230 e. The quantitative estimate of drug-likeness (QED) is 0.776. The first-order valence-electron chi connectivity index (χ1n) is 7.35. The molecule has 2 saturated carbocycles. The molecule has 4 nitrogen and oxygen atoms in total. The summed E-state index contributed by atoms with van der Waals surface area (Å²) in [5, 5.41) is 9.22. The fraction of sp³-hybridized carbons (Fsp3) is 0.929. The third-order valence-electron chi connectivity index (χ3n) is 4.77. The van der Waals surface area contributed by atoms with Gasteiger partial charge in [-0.3, -0.25) is 4.79 Å². The van der Waals surface area contributed by atoms with Gasteiger partial charge < -0.3 is 15.7 Å². The normalized spacial score (nSPS) is 23.4. The molecule has 0 heterocycles. The molecule has 2 rings (SSSR count). The number of nitrogens with zero attached hydrogens (tertiary/aromatic N) is 1. The molecule has 0 atom stereocenters. The monoisotopic (exact) mass is 254 g/mol. The van der Waals surface area contributed by atoms with Crippen molar-refractivity contribution in [3.05, 3.63) is 0 Å². The van der Waals surface area contributed by atoms with E-state index in [0.29, 0.717) is 19.1 Å². The van der Waals surface area contributed by atoms with Gasteiger partial charge in [-0.25, -0.2) is 0 Å². The molecule has 3 N–H and O–H groups in total. The van der Waals surface area contributed by atoms with E-state index < -0.39 is 0 Å². The van der Waals surface area contributed by atoms with Gasteiger partial charge in [0.2, 0.25) is 5.91 Å². The highest BCUT2D eigenvalue weighted by Crippen LogP contribution is 2.40. The number of nitrogens with two attached hydrogens (primary N) is 1. The maximum atomic E-state index is 12.8. The molecule has 0 bridgehead atoms. The largest absolute Gasteiger partial charge is 0.395 e. The molecule has 0 aromatic heterocycles. The van der Waals surface area contributed by atoms with Gasteiger partial charge >= 0.3 is 0 Å². The van der Waals surface area contributed by atoms with Gasteiger partial charge in [-0.15, -0.1) is 0 Å². The SMILES string of the molecule is NCC1(C(=O)N(CCO)C2CCCC2)CCCC1. The molecule has 2 aliphatic rings. The van der Waals surface area contributed by atoms with E-state index in [9.17, 15) is 9.90 Å². The minimum absolute atomic E-state index is 0.0584. The van der Waals surface area contributed by atoms with Crippen LogP contribution in [0.2, 0.25) is 0 Å². The van der Waals surface area contributed by atoms with Gasteiger partial charge in [0, 0.05) is 19.1 Å².